The van der Waals surface area contributed by atoms with Crippen LogP contribution in [0.3, 0.4) is 0 Å². The van der Waals surface area contributed by atoms with Crippen molar-refractivity contribution in [1.82, 2.24) is 0 Å². The second-order valence-electron chi connectivity index (χ2n) is 26.7. The van der Waals surface area contributed by atoms with Crippen molar-refractivity contribution in [2.75, 3.05) is 19.8 Å². The predicted octanol–water partition coefficient (Wildman–Crippen LogP) is -4.01. The first kappa shape index (κ1) is 65.6. The van der Waals surface area contributed by atoms with E-state index in [1.54, 1.807) is 0 Å². The molecule has 10 aliphatic rings. The van der Waals surface area contributed by atoms with Crippen LogP contribution in [-0.2, 0) is 52.1 Å². The van der Waals surface area contributed by atoms with E-state index in [0.29, 0.717) is 44.9 Å². The first-order valence-electron chi connectivity index (χ1n) is 30.2. The van der Waals surface area contributed by atoms with Crippen molar-refractivity contribution in [3.05, 3.63) is 11.6 Å². The topological polar surface area (TPSA) is 425 Å². The molecule has 10 rings (SSSR count). The smallest absolute Gasteiger partial charge is 0.187 e. The highest BCUT2D eigenvalue weighted by Gasteiger charge is 2.75. The van der Waals surface area contributed by atoms with Gasteiger partial charge in [-0.3, -0.25) is 0 Å². The maximum Gasteiger partial charge on any atom is 0.187 e. The lowest BCUT2D eigenvalue weighted by Crippen LogP contribution is -2.67. The summed E-state index contributed by atoms with van der Waals surface area (Å²) in [6.07, 6.45) is -31.7. The van der Waals surface area contributed by atoms with Crippen molar-refractivity contribution >= 4 is 0 Å². The molecule has 6 saturated heterocycles. The highest BCUT2D eigenvalue weighted by molar-refractivity contribution is 5.29. The number of fused-ring (bicyclic) bond motifs is 7. The van der Waals surface area contributed by atoms with Gasteiger partial charge >= 0.3 is 0 Å². The molecule has 0 aromatic carbocycles. The minimum Gasteiger partial charge on any atom is -0.394 e. The van der Waals surface area contributed by atoms with Gasteiger partial charge in [-0.05, 0) is 101 Å². The van der Waals surface area contributed by atoms with Gasteiger partial charge in [-0.1, -0.05) is 39.3 Å². The Kier molecular flexibility index (Phi) is 19.6. The minimum absolute atomic E-state index is 0.0642. The predicted molar refractivity (Wildman–Crippen MR) is 281 cm³/mol. The van der Waals surface area contributed by atoms with Crippen LogP contribution in [0.4, 0.5) is 0 Å². The quantitative estimate of drug-likeness (QED) is 0.0655. The average molecular weight is 1210 g/mol. The van der Waals surface area contributed by atoms with Crippen LogP contribution >= 0.6 is 0 Å². The molecule has 484 valence electrons. The van der Waals surface area contributed by atoms with Crippen molar-refractivity contribution in [1.29, 1.82) is 0 Å². The molecule has 9 fully saturated rings. The molecule has 0 aromatic rings. The van der Waals surface area contributed by atoms with Gasteiger partial charge in [-0.15, -0.1) is 0 Å². The van der Waals surface area contributed by atoms with E-state index < -0.39 is 202 Å². The lowest BCUT2D eigenvalue weighted by Gasteiger charge is -2.59. The number of ether oxygens (including phenoxy) is 11. The Balaban J connectivity index is 0.795. The van der Waals surface area contributed by atoms with Crippen molar-refractivity contribution in [2.24, 2.45) is 40.4 Å². The lowest BCUT2D eigenvalue weighted by atomic mass is 9.46. The fourth-order valence-corrected chi connectivity index (χ4v) is 16.3. The maximum absolute atomic E-state index is 13.0. The normalized spacial score (nSPS) is 56.2. The zero-order chi connectivity index (χ0) is 61.0. The van der Waals surface area contributed by atoms with E-state index in [1.165, 1.54) is 26.3 Å². The summed E-state index contributed by atoms with van der Waals surface area (Å²) in [6.45, 7) is 11.2. The molecule has 0 radical (unpaired) electrons. The van der Waals surface area contributed by atoms with Gasteiger partial charge in [-0.25, -0.2) is 0 Å². The van der Waals surface area contributed by atoms with Gasteiger partial charge in [0, 0.05) is 17.8 Å². The van der Waals surface area contributed by atoms with Crippen LogP contribution in [0.2, 0.25) is 0 Å². The fourth-order valence-electron chi connectivity index (χ4n) is 16.3. The van der Waals surface area contributed by atoms with Crippen molar-refractivity contribution < 1.29 is 134 Å². The molecule has 0 spiro atoms. The molecule has 6 heterocycles. The van der Waals surface area contributed by atoms with Crippen LogP contribution in [0.25, 0.3) is 0 Å². The summed E-state index contributed by atoms with van der Waals surface area (Å²) in [5.74, 6) is -2.01. The Morgan fingerprint density at radius 2 is 1.11 bits per heavy atom. The second-order valence-corrected chi connectivity index (χ2v) is 26.7. The molecular formula is C57H94O27. The molecule has 0 amide bonds. The molecule has 16 N–H and O–H groups in total. The molecule has 27 heteroatoms. The van der Waals surface area contributed by atoms with Crippen molar-refractivity contribution in [2.45, 2.75) is 283 Å². The Morgan fingerprint density at radius 3 is 1.73 bits per heavy atom. The van der Waals surface area contributed by atoms with Crippen LogP contribution in [0.15, 0.2) is 11.6 Å². The number of aliphatic hydroxyl groups excluding tert-OH is 14. The molecule has 27 nitrogen and oxygen atoms in total. The van der Waals surface area contributed by atoms with Crippen LogP contribution < -0.4 is 0 Å². The third-order valence-corrected chi connectivity index (χ3v) is 21.8. The summed E-state index contributed by atoms with van der Waals surface area (Å²) in [4.78, 5) is 0. The number of aliphatic hydroxyl groups is 16. The average Bonchev–Trinajstić information content (AvgIpc) is 1.71. The van der Waals surface area contributed by atoms with Crippen molar-refractivity contribution in [3.63, 3.8) is 0 Å². The number of hydrogen-bond donors (Lipinski definition) is 16. The SMILES string of the molecule is C[C@H](CC[C@@]1(O)O[C@H]2C[C@H]3[C@@H]4CC=C5C[C@@H](O[C@@H]6O[C@H](CO)[C@@H](O[C@@H]7O[C@@H](C)[C@H](O[C@@H]8O[C@@H](C)[C@H](O)[C@@H](O)[C@H]8O)[C@@H](O)[C@H]7O)[C@H](O)[C@H]6O[C@@H]6O[C@@H](C)[C@H](O)[C@@H](O)[C@H]6O)CC[C@]5(C)[C@H]4CC[C@]3(C)[C@@]2(O)[C@@H]1C)CO[C@@H]1O[C@H](CO)[C@@H](O)[C@H](O)[C@H]1O. The van der Waals surface area contributed by atoms with Gasteiger partial charge in [0.2, 0.25) is 0 Å². The Hall–Kier alpha value is -1.34. The zero-order valence-electron chi connectivity index (χ0n) is 48.7. The summed E-state index contributed by atoms with van der Waals surface area (Å²) in [6, 6.07) is 0. The number of allylic oxidation sites excluding steroid dienone is 1. The van der Waals surface area contributed by atoms with Gasteiger partial charge < -0.3 is 134 Å². The molecule has 6 aliphatic heterocycles. The molecule has 84 heavy (non-hydrogen) atoms. The fraction of sp³-hybridized carbons (Fsp3) is 0.965. The summed E-state index contributed by atoms with van der Waals surface area (Å²) in [7, 11) is 0. The van der Waals surface area contributed by atoms with E-state index in [1.807, 2.05) is 13.8 Å². The number of rotatable bonds is 16. The molecular weight excluding hydrogens is 1120 g/mol. The highest BCUT2D eigenvalue weighted by atomic mass is 16.8. The van der Waals surface area contributed by atoms with Crippen LogP contribution in [-0.4, -0.2) is 279 Å². The summed E-state index contributed by atoms with van der Waals surface area (Å²) < 4.78 is 66.4. The minimum atomic E-state index is -1.90. The van der Waals surface area contributed by atoms with Gasteiger partial charge in [0.05, 0.1) is 50.3 Å². The van der Waals surface area contributed by atoms with Gasteiger partial charge in [0.25, 0.3) is 0 Å². The van der Waals surface area contributed by atoms with Gasteiger partial charge in [0.15, 0.2) is 37.2 Å². The molecule has 0 unspecified atom stereocenters. The van der Waals surface area contributed by atoms with Gasteiger partial charge in [0.1, 0.15) is 109 Å². The first-order chi connectivity index (χ1) is 39.5. The molecule has 0 aromatic heterocycles. The van der Waals surface area contributed by atoms with Gasteiger partial charge in [-0.2, -0.15) is 0 Å². The third-order valence-electron chi connectivity index (χ3n) is 21.8. The standard InChI is InChI=1S/C57H94O27/c1-21(20-74-49-41(67)39(65)36(62)31(18-58)79-49)10-15-56(72)25(5)57(73)33(84-56)17-30-28-9-8-26-16-27(11-13-54(26,6)29(28)12-14-55(30,57)7)78-53-48(83-51-43(69)38(64)35(61)23(3)76-51)45(71)47(32(19-59)80-53)82-52-44(70)40(66)46(24(4)77-52)81-50-42(68)37(63)34(60)22(2)75-50/h8,21-25,27-53,58-73H,9-20H2,1-7H3/t21-,22+,23+,24+,25-,27+,28-,29+,30+,31-,32-,33+,34+,35+,36-,37-,38-,39+,40+,41-,42-,43-,44-,45+,46+,47-,48-,49-,50+,51+,52+,53-,54+,55+,56-,57-/m1/s1. The van der Waals surface area contributed by atoms with E-state index in [9.17, 15) is 81.7 Å². The second kappa shape index (κ2) is 25.0. The van der Waals surface area contributed by atoms with E-state index in [2.05, 4.69) is 19.9 Å². The summed E-state index contributed by atoms with van der Waals surface area (Å²) >= 11 is 0. The Bertz CT molecular complexity index is 2250. The monoisotopic (exact) mass is 1210 g/mol. The molecule has 4 aliphatic carbocycles. The Morgan fingerprint density at radius 1 is 0.560 bits per heavy atom. The summed E-state index contributed by atoms with van der Waals surface area (Å²) in [5, 5.41) is 175. The lowest BCUT2D eigenvalue weighted by molar-refractivity contribution is -0.394. The van der Waals surface area contributed by atoms with Crippen molar-refractivity contribution in [3.8, 4) is 0 Å². The third kappa shape index (κ3) is 11.3. The van der Waals surface area contributed by atoms with Crippen LogP contribution in [0.5, 0.6) is 0 Å². The number of hydrogen-bond acceptors (Lipinski definition) is 27. The molecule has 3 saturated carbocycles. The van der Waals surface area contributed by atoms with E-state index >= 15 is 0 Å². The molecule has 36 atom stereocenters. The van der Waals surface area contributed by atoms with E-state index in [0.717, 1.165) is 6.42 Å². The summed E-state index contributed by atoms with van der Waals surface area (Å²) in [5.41, 5.74) is -1.04. The zero-order valence-corrected chi connectivity index (χ0v) is 48.7. The van der Waals surface area contributed by atoms with E-state index in [4.69, 9.17) is 52.1 Å². The van der Waals surface area contributed by atoms with E-state index in [-0.39, 0.29) is 42.1 Å². The largest absolute Gasteiger partial charge is 0.394 e. The Labute approximate surface area is 487 Å². The van der Waals surface area contributed by atoms with Crippen LogP contribution in [0, 0.1) is 40.4 Å². The highest BCUT2D eigenvalue weighted by Crippen LogP contribution is 2.71. The maximum atomic E-state index is 13.0. The van der Waals surface area contributed by atoms with Crippen LogP contribution in [0.1, 0.15) is 106 Å². The first-order valence-corrected chi connectivity index (χ1v) is 30.2. The molecule has 0 bridgehead atoms.